The molecule has 3 rings (SSSR count). The molecule has 0 saturated heterocycles. The Hall–Kier alpha value is -1.75. The van der Waals surface area contributed by atoms with Crippen LogP contribution in [0.2, 0.25) is 0 Å². The molecule has 1 amide bonds. The minimum absolute atomic E-state index is 0.0686. The second-order valence-electron chi connectivity index (χ2n) is 3.93. The normalized spacial score (nSPS) is 26.9. The van der Waals surface area contributed by atoms with Gasteiger partial charge in [-0.05, 0) is 5.56 Å². The molecule has 17 heavy (non-hydrogen) atoms. The zero-order valence-corrected chi connectivity index (χ0v) is 9.78. The minimum Gasteiger partial charge on any atom is -0.370 e. The highest BCUT2D eigenvalue weighted by Gasteiger charge is 2.37. The third-order valence-corrected chi connectivity index (χ3v) is 4.03. The van der Waals surface area contributed by atoms with E-state index in [-0.39, 0.29) is 23.2 Å². The number of fused-ring (bicyclic) bond motifs is 1. The van der Waals surface area contributed by atoms with Crippen molar-refractivity contribution in [2.45, 2.75) is 5.37 Å². The lowest BCUT2D eigenvalue weighted by Gasteiger charge is -2.20. The number of hydrogen-bond acceptors (Lipinski definition) is 4. The van der Waals surface area contributed by atoms with Crippen LogP contribution in [0.25, 0.3) is 4.91 Å². The molecule has 0 spiro atoms. The molecule has 86 valence electrons. The van der Waals surface area contributed by atoms with E-state index in [9.17, 15) is 4.79 Å². The highest BCUT2D eigenvalue weighted by atomic mass is 32.2. The van der Waals surface area contributed by atoms with Crippen LogP contribution in [0.4, 0.5) is 0 Å². The predicted octanol–water partition coefficient (Wildman–Crippen LogP) is 1.16. The lowest BCUT2D eigenvalue weighted by atomic mass is 10.1. The van der Waals surface area contributed by atoms with Crippen LogP contribution < -0.4 is 11.1 Å². The van der Waals surface area contributed by atoms with Gasteiger partial charge in [0.2, 0.25) is 5.91 Å². The Morgan fingerprint density at radius 3 is 2.82 bits per heavy atom. The first-order chi connectivity index (χ1) is 8.24. The molecule has 2 aliphatic rings. The standard InChI is InChI=1S/C12H11N3OS/c13-12-14-10(16)8-6-9(17-11(8)15-12)7-4-2-1-3-5-7/h1-6,8,11H,(H3,13,14,15,16). The molecule has 2 heterocycles. The number of carbonyl (C=O) groups excluding carboxylic acids is 1. The van der Waals surface area contributed by atoms with Crippen LogP contribution in [0.5, 0.6) is 0 Å². The summed E-state index contributed by atoms with van der Waals surface area (Å²) in [5.41, 5.74) is 6.67. The van der Waals surface area contributed by atoms with Crippen molar-refractivity contribution >= 4 is 28.5 Å². The fraction of sp³-hybridized carbons (Fsp3) is 0.167. The molecular weight excluding hydrogens is 234 g/mol. The molecule has 0 aliphatic carbocycles. The van der Waals surface area contributed by atoms with E-state index in [2.05, 4.69) is 10.3 Å². The van der Waals surface area contributed by atoms with Crippen LogP contribution in [-0.2, 0) is 4.79 Å². The van der Waals surface area contributed by atoms with E-state index >= 15 is 0 Å². The molecule has 2 unspecified atom stereocenters. The Morgan fingerprint density at radius 1 is 1.29 bits per heavy atom. The molecule has 1 aromatic rings. The zero-order valence-electron chi connectivity index (χ0n) is 8.96. The van der Waals surface area contributed by atoms with Crippen molar-refractivity contribution in [3.63, 3.8) is 0 Å². The van der Waals surface area contributed by atoms with Gasteiger partial charge in [-0.3, -0.25) is 10.1 Å². The second kappa shape index (κ2) is 3.92. The smallest absolute Gasteiger partial charge is 0.236 e. The van der Waals surface area contributed by atoms with Gasteiger partial charge in [0.15, 0.2) is 5.96 Å². The SMILES string of the molecule is NC1=NC2SC(c3ccccc3)=CC2C(=O)N1. The van der Waals surface area contributed by atoms with Gasteiger partial charge in [0.25, 0.3) is 0 Å². The fourth-order valence-electron chi connectivity index (χ4n) is 1.95. The molecule has 0 fully saturated rings. The summed E-state index contributed by atoms with van der Waals surface area (Å²) in [7, 11) is 0. The second-order valence-corrected chi connectivity index (χ2v) is 5.09. The highest BCUT2D eigenvalue weighted by Crippen LogP contribution is 2.43. The molecule has 5 heteroatoms. The van der Waals surface area contributed by atoms with Crippen LogP contribution in [0, 0.1) is 5.92 Å². The van der Waals surface area contributed by atoms with E-state index in [0.29, 0.717) is 0 Å². The monoisotopic (exact) mass is 245 g/mol. The number of thioether (sulfide) groups is 1. The molecule has 0 radical (unpaired) electrons. The van der Waals surface area contributed by atoms with Crippen LogP contribution in [-0.4, -0.2) is 17.2 Å². The van der Waals surface area contributed by atoms with Crippen LogP contribution in [0.3, 0.4) is 0 Å². The molecule has 2 aliphatic heterocycles. The Bertz CT molecular complexity index is 524. The summed E-state index contributed by atoms with van der Waals surface area (Å²) in [6.07, 6.45) is 1.97. The first kappa shape index (κ1) is 10.4. The third-order valence-electron chi connectivity index (χ3n) is 2.76. The lowest BCUT2D eigenvalue weighted by Crippen LogP contribution is -2.46. The molecule has 3 N–H and O–H groups in total. The van der Waals surface area contributed by atoms with Crippen molar-refractivity contribution in [2.24, 2.45) is 16.6 Å². The van der Waals surface area contributed by atoms with Crippen molar-refractivity contribution in [1.82, 2.24) is 5.32 Å². The number of nitrogens with one attached hydrogen (secondary N) is 1. The quantitative estimate of drug-likeness (QED) is 0.780. The summed E-state index contributed by atoms with van der Waals surface area (Å²) in [5.74, 6) is -0.0603. The summed E-state index contributed by atoms with van der Waals surface area (Å²) in [4.78, 5) is 17.1. The summed E-state index contributed by atoms with van der Waals surface area (Å²) in [5, 5.41) is 2.44. The average Bonchev–Trinajstić information content (AvgIpc) is 2.74. The van der Waals surface area contributed by atoms with Gasteiger partial charge in [0.1, 0.15) is 5.37 Å². The zero-order chi connectivity index (χ0) is 11.8. The van der Waals surface area contributed by atoms with E-state index in [1.165, 1.54) is 0 Å². The van der Waals surface area contributed by atoms with Gasteiger partial charge in [0.05, 0.1) is 5.92 Å². The van der Waals surface area contributed by atoms with Gasteiger partial charge in [-0.1, -0.05) is 48.2 Å². The van der Waals surface area contributed by atoms with E-state index in [1.54, 1.807) is 11.8 Å². The van der Waals surface area contributed by atoms with Gasteiger partial charge in [0, 0.05) is 4.91 Å². The number of guanidine groups is 1. The first-order valence-corrected chi connectivity index (χ1v) is 6.20. The van der Waals surface area contributed by atoms with E-state index < -0.39 is 0 Å². The Kier molecular flexibility index (Phi) is 2.40. The maximum atomic E-state index is 11.7. The van der Waals surface area contributed by atoms with Crippen molar-refractivity contribution in [3.8, 4) is 0 Å². The highest BCUT2D eigenvalue weighted by molar-refractivity contribution is 8.09. The average molecular weight is 245 g/mol. The van der Waals surface area contributed by atoms with Gasteiger partial charge in [-0.25, -0.2) is 4.99 Å². The number of benzene rings is 1. The number of nitrogens with zero attached hydrogens (tertiary/aromatic N) is 1. The predicted molar refractivity (Wildman–Crippen MR) is 69.1 cm³/mol. The Morgan fingerprint density at radius 2 is 2.06 bits per heavy atom. The van der Waals surface area contributed by atoms with Gasteiger partial charge >= 0.3 is 0 Å². The van der Waals surface area contributed by atoms with Gasteiger partial charge in [-0.2, -0.15) is 0 Å². The van der Waals surface area contributed by atoms with Crippen LogP contribution >= 0.6 is 11.8 Å². The largest absolute Gasteiger partial charge is 0.370 e. The van der Waals surface area contributed by atoms with E-state index in [4.69, 9.17) is 5.73 Å². The maximum absolute atomic E-state index is 11.7. The summed E-state index contributed by atoms with van der Waals surface area (Å²) >= 11 is 1.59. The number of carbonyl (C=O) groups is 1. The first-order valence-electron chi connectivity index (χ1n) is 5.32. The van der Waals surface area contributed by atoms with Crippen LogP contribution in [0.15, 0.2) is 41.4 Å². The van der Waals surface area contributed by atoms with Crippen molar-refractivity contribution < 1.29 is 4.79 Å². The van der Waals surface area contributed by atoms with Crippen LogP contribution in [0.1, 0.15) is 5.56 Å². The molecule has 4 nitrogen and oxygen atoms in total. The minimum atomic E-state index is -0.206. The maximum Gasteiger partial charge on any atom is 0.236 e. The number of aliphatic imine (C=N–C) groups is 1. The summed E-state index contributed by atoms with van der Waals surface area (Å²) in [6, 6.07) is 9.99. The molecule has 2 atom stereocenters. The molecule has 1 aromatic carbocycles. The van der Waals surface area contributed by atoms with E-state index in [1.807, 2.05) is 36.4 Å². The topological polar surface area (TPSA) is 67.5 Å². The molecule has 0 aromatic heterocycles. The number of nitrogens with two attached hydrogens (primary N) is 1. The molecule has 0 saturated carbocycles. The van der Waals surface area contributed by atoms with Gasteiger partial charge < -0.3 is 5.73 Å². The number of hydrogen-bond donors (Lipinski definition) is 2. The summed E-state index contributed by atoms with van der Waals surface area (Å²) < 4.78 is 0. The lowest BCUT2D eigenvalue weighted by molar-refractivity contribution is -0.122. The fourth-order valence-corrected chi connectivity index (χ4v) is 3.22. The number of amides is 1. The van der Waals surface area contributed by atoms with E-state index in [0.717, 1.165) is 10.5 Å². The third kappa shape index (κ3) is 1.82. The van der Waals surface area contributed by atoms with Crippen molar-refractivity contribution in [3.05, 3.63) is 42.0 Å². The molecular formula is C12H11N3OS. The van der Waals surface area contributed by atoms with Crippen molar-refractivity contribution in [2.75, 3.05) is 0 Å². The van der Waals surface area contributed by atoms with Gasteiger partial charge in [-0.15, -0.1) is 0 Å². The molecule has 0 bridgehead atoms. The summed E-state index contributed by atoms with van der Waals surface area (Å²) in [6.45, 7) is 0. The Balaban J connectivity index is 1.93. The Labute approximate surface area is 103 Å². The number of rotatable bonds is 1. The van der Waals surface area contributed by atoms with Crippen molar-refractivity contribution in [1.29, 1.82) is 0 Å².